The van der Waals surface area contributed by atoms with Crippen molar-refractivity contribution in [1.29, 1.82) is 0 Å². The maximum Gasteiger partial charge on any atom is -0.0114 e. The van der Waals surface area contributed by atoms with E-state index in [1.807, 2.05) is 5.57 Å². The SMILES string of the molecule is CC1=C2CC[C@]3(C)CCC=C([13CH3])[C@H]3C[C@H](CC1)C2(C)C. The van der Waals surface area contributed by atoms with Crippen molar-refractivity contribution in [2.45, 2.75) is 79.6 Å². The predicted octanol–water partition coefficient (Wildman–Crippen LogP) is 6.29. The molecule has 0 N–H and O–H groups in total. The average molecular weight is 273 g/mol. The van der Waals surface area contributed by atoms with E-state index in [2.05, 4.69) is 40.7 Å². The molecule has 1 fully saturated rings. The Morgan fingerprint density at radius 3 is 2.55 bits per heavy atom. The largest absolute Gasteiger partial charge is 0.0853 e. The molecule has 2 bridgehead atoms. The summed E-state index contributed by atoms with van der Waals surface area (Å²) in [5.74, 6) is 1.74. The zero-order chi connectivity index (χ0) is 14.5. The van der Waals surface area contributed by atoms with Gasteiger partial charge in [-0.15, -0.1) is 0 Å². The highest BCUT2D eigenvalue weighted by Gasteiger charge is 2.46. The zero-order valence-electron chi connectivity index (χ0n) is 14.2. The molecule has 3 rings (SSSR count). The first-order valence-corrected chi connectivity index (χ1v) is 8.70. The lowest BCUT2D eigenvalue weighted by atomic mass is 9.54. The van der Waals surface area contributed by atoms with Gasteiger partial charge in [0, 0.05) is 0 Å². The molecule has 0 amide bonds. The van der Waals surface area contributed by atoms with Crippen molar-refractivity contribution in [1.82, 2.24) is 0 Å². The van der Waals surface area contributed by atoms with Crippen molar-refractivity contribution in [2.24, 2.45) is 22.7 Å². The Kier molecular flexibility index (Phi) is 3.42. The fraction of sp³-hybridized carbons (Fsp3) is 0.800. The van der Waals surface area contributed by atoms with E-state index in [0.29, 0.717) is 10.8 Å². The third-order valence-corrected chi connectivity index (χ3v) is 7.22. The van der Waals surface area contributed by atoms with Gasteiger partial charge in [-0.25, -0.2) is 0 Å². The van der Waals surface area contributed by atoms with E-state index in [1.54, 1.807) is 11.1 Å². The van der Waals surface area contributed by atoms with Crippen LogP contribution in [-0.4, -0.2) is 0 Å². The molecule has 0 heteroatoms. The lowest BCUT2D eigenvalue weighted by Crippen LogP contribution is -2.41. The molecular formula is C20H32. The lowest BCUT2D eigenvalue weighted by molar-refractivity contribution is 0.0802. The van der Waals surface area contributed by atoms with Crippen LogP contribution in [0, 0.1) is 22.7 Å². The highest BCUT2D eigenvalue weighted by atomic mass is 14.5. The van der Waals surface area contributed by atoms with Gasteiger partial charge in [-0.2, -0.15) is 0 Å². The summed E-state index contributed by atoms with van der Waals surface area (Å²) in [4.78, 5) is 0. The molecule has 0 radical (unpaired) electrons. The second-order valence-corrected chi connectivity index (χ2v) is 8.65. The molecule has 0 heterocycles. The molecule has 1 saturated carbocycles. The third kappa shape index (κ3) is 2.11. The summed E-state index contributed by atoms with van der Waals surface area (Å²) in [5.41, 5.74) is 6.25. The number of fused-ring (bicyclic) bond motifs is 3. The summed E-state index contributed by atoms with van der Waals surface area (Å²) < 4.78 is 0. The van der Waals surface area contributed by atoms with Crippen LogP contribution in [0.2, 0.25) is 0 Å². The van der Waals surface area contributed by atoms with Crippen LogP contribution in [0.1, 0.15) is 79.6 Å². The van der Waals surface area contributed by atoms with Gasteiger partial charge in [0.1, 0.15) is 0 Å². The molecule has 112 valence electrons. The first kappa shape index (κ1) is 14.4. The van der Waals surface area contributed by atoms with Gasteiger partial charge in [0.25, 0.3) is 0 Å². The summed E-state index contributed by atoms with van der Waals surface area (Å²) >= 11 is 0. The second-order valence-electron chi connectivity index (χ2n) is 8.65. The van der Waals surface area contributed by atoms with Crippen LogP contribution in [0.25, 0.3) is 0 Å². The first-order valence-electron chi connectivity index (χ1n) is 8.70. The van der Waals surface area contributed by atoms with Gasteiger partial charge in [0.05, 0.1) is 0 Å². The Bertz CT molecular complexity index is 462. The van der Waals surface area contributed by atoms with Crippen molar-refractivity contribution < 1.29 is 0 Å². The highest BCUT2D eigenvalue weighted by molar-refractivity contribution is 5.27. The summed E-state index contributed by atoms with van der Waals surface area (Å²) in [6.07, 6.45) is 12.2. The number of allylic oxidation sites excluding steroid dienone is 4. The van der Waals surface area contributed by atoms with Gasteiger partial charge < -0.3 is 0 Å². The smallest absolute Gasteiger partial charge is 0.0114 e. The van der Waals surface area contributed by atoms with Crippen molar-refractivity contribution in [3.05, 3.63) is 22.8 Å². The quantitative estimate of drug-likeness (QED) is 0.359. The van der Waals surface area contributed by atoms with Gasteiger partial charge in [0.15, 0.2) is 0 Å². The molecule has 0 aromatic carbocycles. The molecule has 0 unspecified atom stereocenters. The topological polar surface area (TPSA) is 0 Å². The molecule has 0 aromatic heterocycles. The van der Waals surface area contributed by atoms with Crippen molar-refractivity contribution in [3.8, 4) is 0 Å². The first-order chi connectivity index (χ1) is 9.34. The van der Waals surface area contributed by atoms with Crippen LogP contribution >= 0.6 is 0 Å². The van der Waals surface area contributed by atoms with Crippen LogP contribution < -0.4 is 0 Å². The fourth-order valence-electron chi connectivity index (χ4n) is 5.61. The van der Waals surface area contributed by atoms with E-state index >= 15 is 0 Å². The Hall–Kier alpha value is -0.520. The maximum atomic E-state index is 2.58. The van der Waals surface area contributed by atoms with Crippen LogP contribution in [0.15, 0.2) is 22.8 Å². The van der Waals surface area contributed by atoms with E-state index < -0.39 is 0 Å². The monoisotopic (exact) mass is 273 g/mol. The van der Waals surface area contributed by atoms with Gasteiger partial charge in [-0.05, 0) is 81.5 Å². The molecule has 20 heavy (non-hydrogen) atoms. The van der Waals surface area contributed by atoms with E-state index in [-0.39, 0.29) is 0 Å². The van der Waals surface area contributed by atoms with Crippen LogP contribution in [0.3, 0.4) is 0 Å². The van der Waals surface area contributed by atoms with Crippen LogP contribution in [-0.2, 0) is 0 Å². The normalized spacial score (nSPS) is 40.5. The van der Waals surface area contributed by atoms with Crippen LogP contribution in [0.5, 0.6) is 0 Å². The molecule has 0 aliphatic heterocycles. The Labute approximate surface area is 125 Å². The summed E-state index contributed by atoms with van der Waals surface area (Å²) in [5, 5.41) is 0. The third-order valence-electron chi connectivity index (χ3n) is 7.22. The molecule has 0 saturated heterocycles. The summed E-state index contributed by atoms with van der Waals surface area (Å²) in [6, 6.07) is 0. The minimum Gasteiger partial charge on any atom is -0.0853 e. The van der Waals surface area contributed by atoms with E-state index in [9.17, 15) is 0 Å². The van der Waals surface area contributed by atoms with Gasteiger partial charge in [-0.3, -0.25) is 0 Å². The van der Waals surface area contributed by atoms with Crippen LogP contribution in [0.4, 0.5) is 0 Å². The lowest BCUT2D eigenvalue weighted by Gasteiger charge is -2.52. The molecule has 3 aliphatic rings. The Morgan fingerprint density at radius 1 is 1.05 bits per heavy atom. The molecule has 0 nitrogen and oxygen atoms in total. The van der Waals surface area contributed by atoms with Gasteiger partial charge in [-0.1, -0.05) is 43.6 Å². The maximum absolute atomic E-state index is 2.58. The Balaban J connectivity index is 2.01. The number of hydrogen-bond donors (Lipinski definition) is 0. The zero-order valence-corrected chi connectivity index (χ0v) is 14.2. The Morgan fingerprint density at radius 2 is 1.80 bits per heavy atom. The van der Waals surface area contributed by atoms with E-state index in [1.165, 1.54) is 44.9 Å². The van der Waals surface area contributed by atoms with Crippen molar-refractivity contribution >= 4 is 0 Å². The predicted molar refractivity (Wildman–Crippen MR) is 87.6 cm³/mol. The van der Waals surface area contributed by atoms with Gasteiger partial charge >= 0.3 is 0 Å². The summed E-state index contributed by atoms with van der Waals surface area (Å²) in [7, 11) is 0. The average Bonchev–Trinajstić information content (AvgIpc) is 2.35. The number of hydrogen-bond acceptors (Lipinski definition) is 0. The molecule has 0 spiro atoms. The molecular weight excluding hydrogens is 241 g/mol. The minimum absolute atomic E-state index is 0.446. The molecule has 0 aromatic rings. The van der Waals surface area contributed by atoms with Gasteiger partial charge in [0.2, 0.25) is 0 Å². The molecule has 3 atom stereocenters. The minimum atomic E-state index is 0.446. The standard InChI is InChI=1S/C20H32/c1-14-7-6-11-20(5)12-10-17-15(2)8-9-16(13-18(14)20)19(17,3)4/h7,16,18H,6,8-13H2,1-5H3/t16-,18+,20-/m0/s1/i1+1. The second kappa shape index (κ2) is 4.75. The van der Waals surface area contributed by atoms with Crippen molar-refractivity contribution in [2.75, 3.05) is 0 Å². The van der Waals surface area contributed by atoms with E-state index in [0.717, 1.165) is 11.8 Å². The molecule has 3 aliphatic carbocycles. The van der Waals surface area contributed by atoms with E-state index in [4.69, 9.17) is 0 Å². The summed E-state index contributed by atoms with van der Waals surface area (Å²) in [6.45, 7) is 12.4. The highest BCUT2D eigenvalue weighted by Crippen LogP contribution is 2.57. The fourth-order valence-corrected chi connectivity index (χ4v) is 5.61. The number of rotatable bonds is 0. The van der Waals surface area contributed by atoms with Crippen molar-refractivity contribution in [3.63, 3.8) is 0 Å².